The number of pyridine rings is 2. The molecule has 2 aromatic heterocycles. The summed E-state index contributed by atoms with van der Waals surface area (Å²) in [5.74, 6) is 0.692. The highest BCUT2D eigenvalue weighted by molar-refractivity contribution is 6.27. The number of carbonyl (C=O) groups excluding carboxylic acids is 2. The molecule has 1 saturated carbocycles. The number of nitrogens with one attached hydrogen (secondary N) is 2. The Bertz CT molecular complexity index is 1540. The molecular weight excluding hydrogens is 534 g/mol. The summed E-state index contributed by atoms with van der Waals surface area (Å²) in [5, 5.41) is 6.15. The minimum Gasteiger partial charge on any atom is -0.370 e. The lowest BCUT2D eigenvalue weighted by atomic mass is 9.76. The fourth-order valence-electron chi connectivity index (χ4n) is 6.54. The van der Waals surface area contributed by atoms with Crippen molar-refractivity contribution in [2.24, 2.45) is 11.8 Å². The molecule has 0 bridgehead atoms. The Labute approximate surface area is 255 Å². The fourth-order valence-corrected chi connectivity index (χ4v) is 6.54. The van der Waals surface area contributed by atoms with E-state index in [4.69, 9.17) is 0 Å². The third kappa shape index (κ3) is 6.36. The predicted molar refractivity (Wildman–Crippen MR) is 174 cm³/mol. The van der Waals surface area contributed by atoms with Gasteiger partial charge in [-0.05, 0) is 98.1 Å². The van der Waals surface area contributed by atoms with Crippen LogP contribution in [0.15, 0.2) is 60.7 Å². The van der Waals surface area contributed by atoms with E-state index in [0.717, 1.165) is 78.7 Å². The van der Waals surface area contributed by atoms with Gasteiger partial charge in [-0.1, -0.05) is 38.5 Å². The van der Waals surface area contributed by atoms with E-state index < -0.39 is 0 Å². The van der Waals surface area contributed by atoms with E-state index in [0.29, 0.717) is 23.2 Å². The first kappa shape index (κ1) is 29.1. The lowest BCUT2D eigenvalue weighted by molar-refractivity contribution is -0.117. The molecule has 2 N–H and O–H groups in total. The van der Waals surface area contributed by atoms with Gasteiger partial charge in [-0.3, -0.25) is 19.6 Å². The van der Waals surface area contributed by atoms with E-state index in [1.165, 1.54) is 24.8 Å². The van der Waals surface area contributed by atoms with Crippen LogP contribution in [0.2, 0.25) is 0 Å². The summed E-state index contributed by atoms with van der Waals surface area (Å²) >= 11 is 0. The number of rotatable bonds is 7. The van der Waals surface area contributed by atoms with Gasteiger partial charge < -0.3 is 15.5 Å². The van der Waals surface area contributed by atoms with Gasteiger partial charge in [-0.2, -0.15) is 0 Å². The molecule has 7 heteroatoms. The van der Waals surface area contributed by atoms with Gasteiger partial charge in [0.15, 0.2) is 0 Å². The van der Waals surface area contributed by atoms with Crippen LogP contribution in [0, 0.1) is 11.8 Å². The van der Waals surface area contributed by atoms with Crippen LogP contribution in [0.1, 0.15) is 89.2 Å². The van der Waals surface area contributed by atoms with E-state index in [1.54, 1.807) is 18.5 Å². The van der Waals surface area contributed by atoms with Gasteiger partial charge in [0, 0.05) is 42.5 Å². The molecule has 3 heterocycles. The Morgan fingerprint density at radius 2 is 1.70 bits per heavy atom. The van der Waals surface area contributed by atoms with Gasteiger partial charge >= 0.3 is 0 Å². The average Bonchev–Trinajstić information content (AvgIpc) is 3.89. The number of hydrogen-bond donors (Lipinski definition) is 2. The average molecular weight is 578 g/mol. The molecular formula is C36H43N5O2. The smallest absolute Gasteiger partial charge is 0.256 e. The van der Waals surface area contributed by atoms with Crippen molar-refractivity contribution in [2.75, 3.05) is 28.6 Å². The molecule has 2 aliphatic carbocycles. The number of piperidine rings is 1. The Balaban J connectivity index is 1.39. The van der Waals surface area contributed by atoms with Crippen molar-refractivity contribution in [1.29, 1.82) is 0 Å². The van der Waals surface area contributed by atoms with Crippen LogP contribution in [0.5, 0.6) is 0 Å². The third-order valence-corrected chi connectivity index (χ3v) is 9.63. The van der Waals surface area contributed by atoms with Gasteiger partial charge in [0.25, 0.3) is 5.91 Å². The fraction of sp³-hybridized carbons (Fsp3) is 0.444. The van der Waals surface area contributed by atoms with E-state index in [1.807, 2.05) is 12.4 Å². The molecule has 1 aliphatic heterocycles. The summed E-state index contributed by atoms with van der Waals surface area (Å²) in [4.78, 5) is 38.2. The van der Waals surface area contributed by atoms with Crippen LogP contribution < -0.4 is 15.5 Å². The zero-order chi connectivity index (χ0) is 29.9. The Kier molecular flexibility index (Phi) is 8.59. The standard InChI is InChI=1S/C36H43N5O2/c1-4-25-9-8-23(2)24(3)30-13-12-27(28-18-29(21-38-20-28)41-16-6-5-7-17-41)19-31(30)34(25)36(43)40-33-22-37-15-14-32(33)39-35(42)26-10-11-26/h12-15,18-24,26H,4-11,16-17H2,1-3H3,(H,40,43)(H,37,39,42). The second-order valence-electron chi connectivity index (χ2n) is 12.6. The molecule has 1 saturated heterocycles. The first-order chi connectivity index (χ1) is 20.9. The molecule has 3 aliphatic rings. The van der Waals surface area contributed by atoms with Crippen molar-refractivity contribution in [3.05, 3.63) is 71.8 Å². The topological polar surface area (TPSA) is 87.2 Å². The molecule has 2 atom stereocenters. The summed E-state index contributed by atoms with van der Waals surface area (Å²) < 4.78 is 0. The minimum atomic E-state index is -0.160. The Morgan fingerprint density at radius 1 is 0.884 bits per heavy atom. The van der Waals surface area contributed by atoms with Gasteiger partial charge in [-0.15, -0.1) is 0 Å². The lowest BCUT2D eigenvalue weighted by Gasteiger charge is -2.30. The quantitative estimate of drug-likeness (QED) is 0.299. The van der Waals surface area contributed by atoms with Crippen LogP contribution in [-0.4, -0.2) is 34.9 Å². The van der Waals surface area contributed by atoms with Crippen LogP contribution in [0.3, 0.4) is 0 Å². The van der Waals surface area contributed by atoms with Crippen molar-refractivity contribution in [2.45, 2.75) is 78.1 Å². The van der Waals surface area contributed by atoms with Crippen LogP contribution in [0.4, 0.5) is 17.1 Å². The molecule has 7 nitrogen and oxygen atoms in total. The maximum Gasteiger partial charge on any atom is 0.256 e. The summed E-state index contributed by atoms with van der Waals surface area (Å²) in [6.07, 6.45) is 15.4. The summed E-state index contributed by atoms with van der Waals surface area (Å²) in [5.41, 5.74) is 8.46. The minimum absolute atomic E-state index is 0.000640. The van der Waals surface area contributed by atoms with Gasteiger partial charge in [0.1, 0.15) is 0 Å². The van der Waals surface area contributed by atoms with Gasteiger partial charge in [-0.25, -0.2) is 0 Å². The highest BCUT2D eigenvalue weighted by atomic mass is 16.2. The summed E-state index contributed by atoms with van der Waals surface area (Å²) in [7, 11) is 0. The Morgan fingerprint density at radius 3 is 2.47 bits per heavy atom. The van der Waals surface area contributed by atoms with Crippen molar-refractivity contribution < 1.29 is 9.59 Å². The summed E-state index contributed by atoms with van der Waals surface area (Å²) in [6, 6.07) is 10.6. The van der Waals surface area contributed by atoms with E-state index in [2.05, 4.69) is 70.5 Å². The van der Waals surface area contributed by atoms with Gasteiger partial charge in [0.05, 0.1) is 29.5 Å². The molecule has 0 spiro atoms. The van der Waals surface area contributed by atoms with Crippen molar-refractivity contribution in [1.82, 2.24) is 9.97 Å². The molecule has 1 aromatic carbocycles. The van der Waals surface area contributed by atoms with E-state index >= 15 is 0 Å². The Hall–Kier alpha value is -4.00. The first-order valence-electron chi connectivity index (χ1n) is 16.1. The van der Waals surface area contributed by atoms with Gasteiger partial charge in [0.2, 0.25) is 5.91 Å². The zero-order valence-corrected chi connectivity index (χ0v) is 25.7. The number of hydrogen-bond acceptors (Lipinski definition) is 5. The molecule has 0 radical (unpaired) electrons. The zero-order valence-electron chi connectivity index (χ0n) is 25.7. The van der Waals surface area contributed by atoms with Crippen LogP contribution >= 0.6 is 0 Å². The molecule has 3 aromatic rings. The number of carbonyl (C=O) groups is 2. The van der Waals surface area contributed by atoms with Crippen molar-refractivity contribution in [3.63, 3.8) is 0 Å². The number of allylic oxidation sites excluding steroid dienone is 1. The van der Waals surface area contributed by atoms with Crippen LogP contribution in [-0.2, 0) is 9.59 Å². The number of amides is 2. The largest absolute Gasteiger partial charge is 0.370 e. The molecule has 224 valence electrons. The third-order valence-electron chi connectivity index (χ3n) is 9.63. The second-order valence-corrected chi connectivity index (χ2v) is 12.6. The monoisotopic (exact) mass is 577 g/mol. The van der Waals surface area contributed by atoms with Crippen LogP contribution in [0.25, 0.3) is 16.7 Å². The van der Waals surface area contributed by atoms with Crippen molar-refractivity contribution in [3.8, 4) is 11.1 Å². The second kappa shape index (κ2) is 12.7. The first-order valence-corrected chi connectivity index (χ1v) is 16.1. The maximum atomic E-state index is 14.3. The number of aromatic nitrogens is 2. The molecule has 2 amide bonds. The molecule has 6 rings (SSSR count). The van der Waals surface area contributed by atoms with E-state index in [-0.39, 0.29) is 17.7 Å². The number of benzene rings is 1. The normalized spacial score (nSPS) is 20.6. The molecule has 43 heavy (non-hydrogen) atoms. The summed E-state index contributed by atoms with van der Waals surface area (Å²) in [6.45, 7) is 8.86. The number of fused-ring (bicyclic) bond motifs is 1. The predicted octanol–water partition coefficient (Wildman–Crippen LogP) is 7.82. The lowest BCUT2D eigenvalue weighted by Crippen LogP contribution is -2.29. The molecule has 2 fully saturated rings. The number of nitrogens with zero attached hydrogens (tertiary/aromatic N) is 3. The van der Waals surface area contributed by atoms with Crippen molar-refractivity contribution >= 4 is 34.4 Å². The highest BCUT2D eigenvalue weighted by Crippen LogP contribution is 2.42. The number of anilines is 3. The highest BCUT2D eigenvalue weighted by Gasteiger charge is 2.31. The molecule has 2 unspecified atom stereocenters. The maximum absolute atomic E-state index is 14.3. The SMILES string of the molecule is CCC1=C(C(=O)Nc2cnccc2NC(=O)C2CC2)c2cc(-c3cncc(N4CCCCC4)c3)ccc2C(C)C(C)CC1. The van der Waals surface area contributed by atoms with E-state index in [9.17, 15) is 9.59 Å².